The molecule has 1 aliphatic heterocycles. The molecule has 94 valence electrons. The molecular formula is C11H21ClN2O2. The van der Waals surface area contributed by atoms with Gasteiger partial charge >= 0.3 is 0 Å². The number of hydrogen-bond acceptors (Lipinski definition) is 3. The summed E-state index contributed by atoms with van der Waals surface area (Å²) < 4.78 is 5.29. The summed E-state index contributed by atoms with van der Waals surface area (Å²) in [6.45, 7) is 1.48. The number of nitrogens with zero attached hydrogens (tertiary/aromatic N) is 1. The third-order valence-corrected chi connectivity index (χ3v) is 3.62. The van der Waals surface area contributed by atoms with Gasteiger partial charge in [0, 0.05) is 25.6 Å². The molecule has 2 rings (SSSR count). The molecule has 2 N–H and O–H groups in total. The van der Waals surface area contributed by atoms with Crippen LogP contribution in [-0.4, -0.2) is 43.2 Å². The summed E-state index contributed by atoms with van der Waals surface area (Å²) in [4.78, 5) is 14.0. The number of likely N-dealkylation sites (N-methyl/N-ethyl adjacent to an activating group) is 1. The maximum atomic E-state index is 12.1. The van der Waals surface area contributed by atoms with E-state index < -0.39 is 0 Å². The van der Waals surface area contributed by atoms with Gasteiger partial charge in [-0.2, -0.15) is 0 Å². The van der Waals surface area contributed by atoms with Crippen LogP contribution >= 0.6 is 12.4 Å². The molecule has 0 aromatic carbocycles. The second-order valence-electron chi connectivity index (χ2n) is 4.74. The van der Waals surface area contributed by atoms with Crippen molar-refractivity contribution in [3.63, 3.8) is 0 Å². The van der Waals surface area contributed by atoms with Crippen molar-refractivity contribution in [3.8, 4) is 0 Å². The Morgan fingerprint density at radius 3 is 2.62 bits per heavy atom. The van der Waals surface area contributed by atoms with Crippen molar-refractivity contribution in [2.75, 3.05) is 20.3 Å². The van der Waals surface area contributed by atoms with Crippen molar-refractivity contribution in [1.82, 2.24) is 4.90 Å². The van der Waals surface area contributed by atoms with Crippen molar-refractivity contribution in [2.45, 2.75) is 37.8 Å². The van der Waals surface area contributed by atoms with E-state index in [-0.39, 0.29) is 36.3 Å². The Balaban J connectivity index is 0.00000128. The predicted octanol–water partition coefficient (Wildman–Crippen LogP) is 0.783. The average Bonchev–Trinajstić information content (AvgIpc) is 2.85. The normalized spacial score (nSPS) is 33.5. The monoisotopic (exact) mass is 248 g/mol. The number of rotatable bonds is 2. The summed E-state index contributed by atoms with van der Waals surface area (Å²) in [7, 11) is 1.89. The summed E-state index contributed by atoms with van der Waals surface area (Å²) in [6.07, 6.45) is 3.78. The van der Waals surface area contributed by atoms with E-state index in [9.17, 15) is 4.79 Å². The molecule has 3 unspecified atom stereocenters. The Labute approximate surface area is 103 Å². The van der Waals surface area contributed by atoms with Crippen LogP contribution < -0.4 is 5.73 Å². The lowest BCUT2D eigenvalue weighted by atomic mass is 10.1. The van der Waals surface area contributed by atoms with Crippen LogP contribution in [0.1, 0.15) is 25.7 Å². The Morgan fingerprint density at radius 2 is 2.12 bits per heavy atom. The fraction of sp³-hybridized carbons (Fsp3) is 0.909. The van der Waals surface area contributed by atoms with Gasteiger partial charge in [0.25, 0.3) is 0 Å². The van der Waals surface area contributed by atoms with E-state index in [0.717, 1.165) is 32.3 Å². The van der Waals surface area contributed by atoms with Gasteiger partial charge in [-0.25, -0.2) is 0 Å². The number of amides is 1. The van der Waals surface area contributed by atoms with Gasteiger partial charge in [-0.05, 0) is 25.7 Å². The molecule has 2 aliphatic rings. The zero-order chi connectivity index (χ0) is 10.8. The highest BCUT2D eigenvalue weighted by atomic mass is 35.5. The third kappa shape index (κ3) is 2.87. The molecule has 0 aromatic rings. The van der Waals surface area contributed by atoms with E-state index in [4.69, 9.17) is 10.5 Å². The molecule has 0 radical (unpaired) electrons. The van der Waals surface area contributed by atoms with Crippen LogP contribution in [0.4, 0.5) is 0 Å². The van der Waals surface area contributed by atoms with Crippen LogP contribution in [0.3, 0.4) is 0 Å². The number of halogens is 1. The molecule has 1 heterocycles. The summed E-state index contributed by atoms with van der Waals surface area (Å²) >= 11 is 0. The minimum atomic E-state index is 0. The number of carbonyl (C=O) groups excluding carboxylic acids is 1. The lowest BCUT2D eigenvalue weighted by molar-refractivity contribution is -0.136. The van der Waals surface area contributed by atoms with Gasteiger partial charge in [-0.1, -0.05) is 0 Å². The first kappa shape index (κ1) is 13.7. The second-order valence-corrected chi connectivity index (χ2v) is 4.74. The molecule has 2 fully saturated rings. The largest absolute Gasteiger partial charge is 0.379 e. The van der Waals surface area contributed by atoms with E-state index in [1.165, 1.54) is 0 Å². The van der Waals surface area contributed by atoms with E-state index in [2.05, 4.69) is 0 Å². The Kier molecular flexibility index (Phi) is 5.02. The van der Waals surface area contributed by atoms with Gasteiger partial charge in [0.2, 0.25) is 5.91 Å². The van der Waals surface area contributed by atoms with E-state index in [0.29, 0.717) is 6.61 Å². The molecule has 1 saturated carbocycles. The number of hydrogen-bond donors (Lipinski definition) is 1. The minimum absolute atomic E-state index is 0. The third-order valence-electron chi connectivity index (χ3n) is 3.62. The van der Waals surface area contributed by atoms with E-state index >= 15 is 0 Å². The average molecular weight is 249 g/mol. The van der Waals surface area contributed by atoms with Gasteiger partial charge < -0.3 is 15.4 Å². The zero-order valence-corrected chi connectivity index (χ0v) is 10.5. The molecule has 3 atom stereocenters. The topological polar surface area (TPSA) is 55.6 Å². The number of carbonyl (C=O) groups is 1. The van der Waals surface area contributed by atoms with Crippen LogP contribution in [0.2, 0.25) is 0 Å². The molecule has 1 saturated heterocycles. The smallest absolute Gasteiger partial charge is 0.225 e. The summed E-state index contributed by atoms with van der Waals surface area (Å²) in [5, 5.41) is 0. The predicted molar refractivity (Wildman–Crippen MR) is 64.6 cm³/mol. The lowest BCUT2D eigenvalue weighted by Crippen LogP contribution is -2.40. The lowest BCUT2D eigenvalue weighted by Gasteiger charge is -2.26. The van der Waals surface area contributed by atoms with E-state index in [1.54, 1.807) is 0 Å². The second kappa shape index (κ2) is 5.84. The quantitative estimate of drug-likeness (QED) is 0.786. The molecule has 16 heavy (non-hydrogen) atoms. The SMILES string of the molecule is CN(C(=O)C1CCC(N)C1)C1CCOC1.Cl. The van der Waals surface area contributed by atoms with Crippen LogP contribution in [-0.2, 0) is 9.53 Å². The molecule has 0 bridgehead atoms. The Hall–Kier alpha value is -0.320. The highest BCUT2D eigenvalue weighted by molar-refractivity contribution is 5.85. The zero-order valence-electron chi connectivity index (χ0n) is 9.72. The van der Waals surface area contributed by atoms with Crippen LogP contribution in [0.25, 0.3) is 0 Å². The van der Waals surface area contributed by atoms with Gasteiger partial charge in [0.05, 0.1) is 12.6 Å². The van der Waals surface area contributed by atoms with Crippen molar-refractivity contribution in [1.29, 1.82) is 0 Å². The molecule has 5 heteroatoms. The fourth-order valence-corrected chi connectivity index (χ4v) is 2.54. The standard InChI is InChI=1S/C11H20N2O2.ClH/c1-13(10-4-5-15-7-10)11(14)8-2-3-9(12)6-8;/h8-10H,2-7,12H2,1H3;1H. The maximum absolute atomic E-state index is 12.1. The van der Waals surface area contributed by atoms with Gasteiger partial charge in [-0.3, -0.25) is 4.79 Å². The highest BCUT2D eigenvalue weighted by Crippen LogP contribution is 2.27. The van der Waals surface area contributed by atoms with Gasteiger partial charge in [0.15, 0.2) is 0 Å². The van der Waals surface area contributed by atoms with Crippen molar-refractivity contribution >= 4 is 18.3 Å². The maximum Gasteiger partial charge on any atom is 0.225 e. The highest BCUT2D eigenvalue weighted by Gasteiger charge is 2.33. The summed E-state index contributed by atoms with van der Waals surface area (Å²) in [5.74, 6) is 0.420. The van der Waals surface area contributed by atoms with Crippen LogP contribution in [0.5, 0.6) is 0 Å². The first-order chi connectivity index (χ1) is 7.18. The van der Waals surface area contributed by atoms with Crippen LogP contribution in [0, 0.1) is 5.92 Å². The molecule has 1 aliphatic carbocycles. The molecular weight excluding hydrogens is 228 g/mol. The molecule has 4 nitrogen and oxygen atoms in total. The molecule has 0 spiro atoms. The first-order valence-electron chi connectivity index (χ1n) is 5.78. The Bertz CT molecular complexity index is 244. The van der Waals surface area contributed by atoms with Crippen molar-refractivity contribution in [3.05, 3.63) is 0 Å². The first-order valence-corrected chi connectivity index (χ1v) is 5.78. The summed E-state index contributed by atoms with van der Waals surface area (Å²) in [6, 6.07) is 0.515. The number of ether oxygens (including phenoxy) is 1. The van der Waals surface area contributed by atoms with Gasteiger partial charge in [-0.15, -0.1) is 12.4 Å². The number of nitrogens with two attached hydrogens (primary N) is 1. The van der Waals surface area contributed by atoms with E-state index in [1.807, 2.05) is 11.9 Å². The Morgan fingerprint density at radius 1 is 1.38 bits per heavy atom. The van der Waals surface area contributed by atoms with Crippen LogP contribution in [0.15, 0.2) is 0 Å². The van der Waals surface area contributed by atoms with Crippen molar-refractivity contribution in [2.24, 2.45) is 11.7 Å². The minimum Gasteiger partial charge on any atom is -0.379 e. The summed E-state index contributed by atoms with van der Waals surface area (Å²) in [5.41, 5.74) is 5.82. The molecule has 1 amide bonds. The van der Waals surface area contributed by atoms with Gasteiger partial charge in [0.1, 0.15) is 0 Å². The molecule has 0 aromatic heterocycles. The fourth-order valence-electron chi connectivity index (χ4n) is 2.54. The van der Waals surface area contributed by atoms with Crippen molar-refractivity contribution < 1.29 is 9.53 Å².